The van der Waals surface area contributed by atoms with Crippen molar-refractivity contribution in [3.63, 3.8) is 0 Å². The molecule has 4 amide bonds. The van der Waals surface area contributed by atoms with Crippen molar-refractivity contribution in [2.24, 2.45) is 0 Å². The summed E-state index contributed by atoms with van der Waals surface area (Å²) in [7, 11) is 0. The summed E-state index contributed by atoms with van der Waals surface area (Å²) in [6.45, 7) is 0. The second-order valence-corrected chi connectivity index (χ2v) is 3.80. The van der Waals surface area contributed by atoms with E-state index in [0.717, 1.165) is 12.1 Å². The Morgan fingerprint density at radius 3 is 2.41 bits per heavy atom. The molecule has 0 aromatic heterocycles. The van der Waals surface area contributed by atoms with Crippen molar-refractivity contribution in [3.8, 4) is 0 Å². The van der Waals surface area contributed by atoms with Gasteiger partial charge < -0.3 is 10.6 Å². The Balaban J connectivity index is 2.26. The van der Waals surface area contributed by atoms with Gasteiger partial charge in [0.25, 0.3) is 11.8 Å². The Labute approximate surface area is 94.2 Å². The fourth-order valence-electron chi connectivity index (χ4n) is 2.08. The van der Waals surface area contributed by atoms with Crippen LogP contribution < -0.4 is 16.0 Å². The van der Waals surface area contributed by atoms with Gasteiger partial charge in [0.15, 0.2) is 0 Å². The van der Waals surface area contributed by atoms with Crippen molar-refractivity contribution in [3.05, 3.63) is 29.6 Å². The Morgan fingerprint density at radius 1 is 1.06 bits per heavy atom. The zero-order chi connectivity index (χ0) is 12.2. The van der Waals surface area contributed by atoms with E-state index in [1.54, 1.807) is 0 Å². The molecular weight excluding hydrogens is 229 g/mol. The van der Waals surface area contributed by atoms with E-state index in [-0.39, 0.29) is 5.56 Å². The summed E-state index contributed by atoms with van der Waals surface area (Å²) in [6, 6.07) is 2.78. The molecular formula is C10H6FN3O3. The second kappa shape index (κ2) is 2.82. The molecule has 3 rings (SSSR count). The third-order valence-electron chi connectivity index (χ3n) is 2.84. The molecule has 0 bridgehead atoms. The van der Waals surface area contributed by atoms with Crippen LogP contribution in [0.25, 0.3) is 0 Å². The number of urea groups is 1. The largest absolute Gasteiger partial charge is 0.323 e. The van der Waals surface area contributed by atoms with Crippen LogP contribution in [0.5, 0.6) is 0 Å². The highest BCUT2D eigenvalue weighted by Crippen LogP contribution is 2.38. The quantitative estimate of drug-likeness (QED) is 0.430. The third kappa shape index (κ3) is 1.05. The van der Waals surface area contributed by atoms with Crippen LogP contribution in [0.1, 0.15) is 5.56 Å². The minimum atomic E-state index is -1.84. The lowest BCUT2D eigenvalue weighted by molar-refractivity contribution is -0.132. The number of carbonyl (C=O) groups is 3. The first kappa shape index (κ1) is 9.76. The van der Waals surface area contributed by atoms with E-state index in [2.05, 4.69) is 10.6 Å². The molecule has 7 heteroatoms. The molecule has 6 nitrogen and oxygen atoms in total. The molecule has 1 atom stereocenters. The Morgan fingerprint density at radius 2 is 1.76 bits per heavy atom. The lowest BCUT2D eigenvalue weighted by Gasteiger charge is -2.17. The molecule has 1 aromatic rings. The third-order valence-corrected chi connectivity index (χ3v) is 2.84. The minimum absolute atomic E-state index is 0.117. The molecule has 0 saturated carbocycles. The highest BCUT2D eigenvalue weighted by Gasteiger charge is 2.58. The van der Waals surface area contributed by atoms with Crippen LogP contribution in [0.3, 0.4) is 0 Å². The van der Waals surface area contributed by atoms with E-state index in [9.17, 15) is 18.8 Å². The number of imide groups is 1. The molecule has 0 aliphatic carbocycles. The highest BCUT2D eigenvalue weighted by atomic mass is 19.1. The molecule has 1 unspecified atom stereocenters. The van der Waals surface area contributed by atoms with E-state index in [0.29, 0.717) is 5.69 Å². The molecule has 1 saturated heterocycles. The molecule has 0 radical (unpaired) electrons. The summed E-state index contributed by atoms with van der Waals surface area (Å²) < 4.78 is 13.2. The fourth-order valence-corrected chi connectivity index (χ4v) is 2.08. The number of rotatable bonds is 0. The number of halogens is 1. The number of fused-ring (bicyclic) bond motifs is 2. The first-order valence-electron chi connectivity index (χ1n) is 4.79. The van der Waals surface area contributed by atoms with Gasteiger partial charge in [0.1, 0.15) is 5.82 Å². The topological polar surface area (TPSA) is 87.3 Å². The van der Waals surface area contributed by atoms with Gasteiger partial charge in [-0.1, -0.05) is 0 Å². The maximum absolute atomic E-state index is 13.2. The van der Waals surface area contributed by atoms with Crippen LogP contribution in [-0.2, 0) is 15.1 Å². The molecule has 86 valence electrons. The fraction of sp³-hybridized carbons (Fsp3) is 0.100. The van der Waals surface area contributed by atoms with Gasteiger partial charge in [0.2, 0.25) is 5.54 Å². The van der Waals surface area contributed by atoms with E-state index >= 15 is 0 Å². The zero-order valence-electron chi connectivity index (χ0n) is 8.33. The highest BCUT2D eigenvalue weighted by molar-refractivity contribution is 6.26. The maximum atomic E-state index is 13.2. The predicted octanol–water partition coefficient (Wildman–Crippen LogP) is -0.188. The molecule has 2 aliphatic heterocycles. The first-order valence-corrected chi connectivity index (χ1v) is 4.79. The van der Waals surface area contributed by atoms with Gasteiger partial charge in [-0.3, -0.25) is 14.9 Å². The number of benzene rings is 1. The van der Waals surface area contributed by atoms with E-state index in [1.165, 1.54) is 6.07 Å². The molecule has 1 fully saturated rings. The van der Waals surface area contributed by atoms with Crippen LogP contribution in [0.2, 0.25) is 0 Å². The number of nitrogens with one attached hydrogen (secondary N) is 3. The molecule has 17 heavy (non-hydrogen) atoms. The van der Waals surface area contributed by atoms with Gasteiger partial charge in [-0.25, -0.2) is 9.18 Å². The minimum Gasteiger partial charge on any atom is -0.323 e. The van der Waals surface area contributed by atoms with Crippen molar-refractivity contribution in [2.45, 2.75) is 5.54 Å². The Kier molecular flexibility index (Phi) is 1.62. The lowest BCUT2D eigenvalue weighted by atomic mass is 9.91. The van der Waals surface area contributed by atoms with Crippen molar-refractivity contribution in [1.29, 1.82) is 0 Å². The number of anilines is 1. The SMILES string of the molecule is O=C1NC(=O)C2(N1)C(=O)Nc1ccc(F)cc12. The summed E-state index contributed by atoms with van der Waals surface area (Å²) in [4.78, 5) is 34.7. The van der Waals surface area contributed by atoms with Gasteiger partial charge in [-0.05, 0) is 18.2 Å². The van der Waals surface area contributed by atoms with Crippen molar-refractivity contribution >= 4 is 23.5 Å². The van der Waals surface area contributed by atoms with Crippen molar-refractivity contribution in [2.75, 3.05) is 5.32 Å². The zero-order valence-corrected chi connectivity index (χ0v) is 8.33. The summed E-state index contributed by atoms with van der Waals surface area (Å²) in [6.07, 6.45) is 0. The Bertz CT molecular complexity index is 586. The average Bonchev–Trinajstić information content (AvgIpc) is 2.70. The number of hydrogen-bond acceptors (Lipinski definition) is 3. The number of amides is 4. The lowest BCUT2D eigenvalue weighted by Crippen LogP contribution is -2.49. The standard InChI is InChI=1S/C10H6FN3O3/c11-4-1-2-6-5(3-4)10(7(15)12-6)8(16)13-9(17)14-10/h1-3H,(H,12,15)(H2,13,14,16,17). The van der Waals surface area contributed by atoms with E-state index in [1.807, 2.05) is 5.32 Å². The average molecular weight is 235 g/mol. The first-order chi connectivity index (χ1) is 8.04. The van der Waals surface area contributed by atoms with Gasteiger partial charge in [-0.2, -0.15) is 0 Å². The summed E-state index contributed by atoms with van der Waals surface area (Å²) in [5.41, 5.74) is -1.41. The monoisotopic (exact) mass is 235 g/mol. The van der Waals surface area contributed by atoms with E-state index < -0.39 is 29.2 Å². The normalized spacial score (nSPS) is 25.6. The van der Waals surface area contributed by atoms with Gasteiger partial charge >= 0.3 is 6.03 Å². The van der Waals surface area contributed by atoms with Crippen LogP contribution in [0.4, 0.5) is 14.9 Å². The molecule has 3 N–H and O–H groups in total. The van der Waals surface area contributed by atoms with E-state index in [4.69, 9.17) is 0 Å². The molecule has 1 spiro atoms. The predicted molar refractivity (Wildman–Crippen MR) is 53.4 cm³/mol. The van der Waals surface area contributed by atoms with Crippen molar-refractivity contribution in [1.82, 2.24) is 10.6 Å². The summed E-state index contributed by atoms with van der Waals surface area (Å²) in [5.74, 6) is -2.08. The van der Waals surface area contributed by atoms with Crippen LogP contribution in [-0.4, -0.2) is 17.8 Å². The summed E-state index contributed by atoms with van der Waals surface area (Å²) in [5, 5.41) is 6.63. The molecule has 2 heterocycles. The molecule has 2 aliphatic rings. The maximum Gasteiger partial charge on any atom is 0.323 e. The Hall–Kier alpha value is -2.44. The summed E-state index contributed by atoms with van der Waals surface area (Å²) >= 11 is 0. The second-order valence-electron chi connectivity index (χ2n) is 3.80. The van der Waals surface area contributed by atoms with Gasteiger partial charge in [0, 0.05) is 11.3 Å². The van der Waals surface area contributed by atoms with Crippen LogP contribution in [0, 0.1) is 5.82 Å². The van der Waals surface area contributed by atoms with Gasteiger partial charge in [0.05, 0.1) is 0 Å². The van der Waals surface area contributed by atoms with Crippen LogP contribution in [0.15, 0.2) is 18.2 Å². The number of carbonyl (C=O) groups excluding carboxylic acids is 3. The molecule has 1 aromatic carbocycles. The smallest absolute Gasteiger partial charge is 0.323 e. The van der Waals surface area contributed by atoms with Gasteiger partial charge in [-0.15, -0.1) is 0 Å². The van der Waals surface area contributed by atoms with Crippen molar-refractivity contribution < 1.29 is 18.8 Å². The van der Waals surface area contributed by atoms with Crippen LogP contribution >= 0.6 is 0 Å². The number of hydrogen-bond donors (Lipinski definition) is 3.